The van der Waals surface area contributed by atoms with Crippen molar-refractivity contribution in [2.75, 3.05) is 26.3 Å². The molecule has 0 spiro atoms. The summed E-state index contributed by atoms with van der Waals surface area (Å²) in [6.45, 7) is 8.52. The van der Waals surface area contributed by atoms with Gasteiger partial charge in [0, 0.05) is 25.6 Å². The number of amides is 3. The molecule has 1 aliphatic carbocycles. The molecule has 3 N–H and O–H groups in total. The van der Waals surface area contributed by atoms with Crippen molar-refractivity contribution in [1.29, 1.82) is 0 Å². The first-order chi connectivity index (χ1) is 18.5. The third-order valence-electron chi connectivity index (χ3n) is 8.31. The van der Waals surface area contributed by atoms with Crippen molar-refractivity contribution in [3.63, 3.8) is 0 Å². The van der Waals surface area contributed by atoms with E-state index >= 15 is 4.39 Å². The molecular formula is C29H39FN4O5. The number of hydrogen-bond acceptors (Lipinski definition) is 6. The van der Waals surface area contributed by atoms with Crippen molar-refractivity contribution in [3.8, 4) is 0 Å². The van der Waals surface area contributed by atoms with E-state index in [0.717, 1.165) is 56.5 Å². The zero-order chi connectivity index (χ0) is 27.9. The number of fused-ring (bicyclic) bond motifs is 3. The van der Waals surface area contributed by atoms with E-state index < -0.39 is 41.4 Å². The van der Waals surface area contributed by atoms with Crippen LogP contribution in [0.5, 0.6) is 0 Å². The highest BCUT2D eigenvalue weighted by Gasteiger charge is 2.52. The average Bonchev–Trinajstić information content (AvgIpc) is 3.50. The van der Waals surface area contributed by atoms with Gasteiger partial charge in [0.2, 0.25) is 11.8 Å². The van der Waals surface area contributed by atoms with E-state index in [2.05, 4.69) is 16.3 Å². The molecule has 2 saturated heterocycles. The van der Waals surface area contributed by atoms with E-state index in [1.807, 2.05) is 6.07 Å². The topological polar surface area (TPSA) is 114 Å². The summed E-state index contributed by atoms with van der Waals surface area (Å²) in [5, 5.41) is 2.72. The summed E-state index contributed by atoms with van der Waals surface area (Å²) in [5.74, 6) is -1.68. The molecule has 3 heterocycles. The predicted molar refractivity (Wildman–Crippen MR) is 143 cm³/mol. The smallest absolute Gasteiger partial charge is 0.411 e. The van der Waals surface area contributed by atoms with E-state index in [1.54, 1.807) is 26.8 Å². The highest BCUT2D eigenvalue weighted by atomic mass is 19.1. The Labute approximate surface area is 228 Å². The van der Waals surface area contributed by atoms with Crippen molar-refractivity contribution in [2.45, 2.75) is 82.6 Å². The molecule has 3 aliphatic heterocycles. The van der Waals surface area contributed by atoms with E-state index in [4.69, 9.17) is 15.2 Å². The molecule has 5 atom stereocenters. The van der Waals surface area contributed by atoms with Crippen LogP contribution in [0.3, 0.4) is 0 Å². The van der Waals surface area contributed by atoms with Crippen LogP contribution >= 0.6 is 0 Å². The Balaban J connectivity index is 1.28. The standard InChI is InChI=1S/C29H39FN4O5/c1-29(2,3)39-28(37)34-21-7-6-20(13-21)25(34)27(36)32-24(26(31)35)15-19-5-4-17(14-23(19)30)18-8-9-33-10-11-38-16-22(33)12-18/h4-5,12,14,20-22,24-25H,6-11,13,15-16H2,1-3H3,(H2,31,35)(H,32,36). The van der Waals surface area contributed by atoms with Crippen LogP contribution in [0.25, 0.3) is 5.57 Å². The van der Waals surface area contributed by atoms with Crippen molar-refractivity contribution in [3.05, 3.63) is 41.2 Å². The quantitative estimate of drug-likeness (QED) is 0.571. The zero-order valence-corrected chi connectivity index (χ0v) is 23.0. The van der Waals surface area contributed by atoms with E-state index in [9.17, 15) is 14.4 Å². The summed E-state index contributed by atoms with van der Waals surface area (Å²) >= 11 is 0. The van der Waals surface area contributed by atoms with Gasteiger partial charge in [0.05, 0.1) is 19.3 Å². The number of carbonyl (C=O) groups is 3. The third-order valence-corrected chi connectivity index (χ3v) is 8.31. The van der Waals surface area contributed by atoms with Crippen LogP contribution in [-0.4, -0.2) is 83.8 Å². The highest BCUT2D eigenvalue weighted by Crippen LogP contribution is 2.43. The summed E-state index contributed by atoms with van der Waals surface area (Å²) in [5.41, 5.74) is 7.11. The lowest BCUT2D eigenvalue weighted by Gasteiger charge is -2.37. The molecule has 2 bridgehead atoms. The van der Waals surface area contributed by atoms with Gasteiger partial charge >= 0.3 is 6.09 Å². The fraction of sp³-hybridized carbons (Fsp3) is 0.621. The molecule has 0 aromatic heterocycles. The maximum absolute atomic E-state index is 15.3. The molecule has 1 aromatic carbocycles. The molecule has 9 nitrogen and oxygen atoms in total. The minimum Gasteiger partial charge on any atom is -0.444 e. The van der Waals surface area contributed by atoms with Crippen molar-refractivity contribution >= 4 is 23.5 Å². The average molecular weight is 543 g/mol. The van der Waals surface area contributed by atoms with E-state index in [1.165, 1.54) is 11.0 Å². The maximum Gasteiger partial charge on any atom is 0.411 e. The summed E-state index contributed by atoms with van der Waals surface area (Å²) in [7, 11) is 0. The molecule has 4 aliphatic rings. The van der Waals surface area contributed by atoms with Gasteiger partial charge in [0.15, 0.2) is 0 Å². The lowest BCUT2D eigenvalue weighted by molar-refractivity contribution is -0.132. The van der Waals surface area contributed by atoms with Gasteiger partial charge in [-0.25, -0.2) is 9.18 Å². The van der Waals surface area contributed by atoms with Crippen molar-refractivity contribution in [1.82, 2.24) is 15.1 Å². The Morgan fingerprint density at radius 2 is 2.03 bits per heavy atom. The summed E-state index contributed by atoms with van der Waals surface area (Å²) in [4.78, 5) is 42.5. The number of ether oxygens (including phenoxy) is 2. The number of piperidine rings is 1. The van der Waals surface area contributed by atoms with Crippen molar-refractivity contribution in [2.24, 2.45) is 11.7 Å². The summed E-state index contributed by atoms with van der Waals surface area (Å²) in [6.07, 6.45) is 4.71. The normalized spacial score (nSPS) is 27.5. The molecule has 5 unspecified atom stereocenters. The second-order valence-corrected chi connectivity index (χ2v) is 12.2. The van der Waals surface area contributed by atoms with Crippen molar-refractivity contribution < 1.29 is 28.2 Å². The Kier molecular flexibility index (Phi) is 7.70. The second kappa shape index (κ2) is 10.9. The van der Waals surface area contributed by atoms with Crippen LogP contribution in [0, 0.1) is 11.7 Å². The van der Waals surface area contributed by atoms with Crippen LogP contribution in [0.1, 0.15) is 57.6 Å². The van der Waals surface area contributed by atoms with Gasteiger partial charge in [-0.3, -0.25) is 19.4 Å². The molecule has 0 radical (unpaired) electrons. The predicted octanol–water partition coefficient (Wildman–Crippen LogP) is 2.61. The number of nitrogens with two attached hydrogens (primary N) is 1. The second-order valence-electron chi connectivity index (χ2n) is 12.2. The number of primary amides is 1. The van der Waals surface area contributed by atoms with E-state index in [-0.39, 0.29) is 24.4 Å². The number of carbonyl (C=O) groups excluding carboxylic acids is 3. The Morgan fingerprint density at radius 3 is 2.74 bits per heavy atom. The highest BCUT2D eigenvalue weighted by molar-refractivity contribution is 5.91. The number of halogens is 1. The van der Waals surface area contributed by atoms with Gasteiger partial charge in [0.1, 0.15) is 23.5 Å². The van der Waals surface area contributed by atoms with Gasteiger partial charge in [-0.1, -0.05) is 18.2 Å². The summed E-state index contributed by atoms with van der Waals surface area (Å²) in [6, 6.07) is 3.27. The number of rotatable bonds is 6. The number of benzene rings is 1. The zero-order valence-electron chi connectivity index (χ0n) is 23.0. The van der Waals surface area contributed by atoms with Crippen LogP contribution in [-0.2, 0) is 25.5 Å². The monoisotopic (exact) mass is 542 g/mol. The first kappa shape index (κ1) is 27.6. The Hall–Kier alpha value is -2.98. The fourth-order valence-electron chi connectivity index (χ4n) is 6.42. The minimum absolute atomic E-state index is 0.0127. The van der Waals surface area contributed by atoms with Crippen LogP contribution in [0.15, 0.2) is 24.3 Å². The molecule has 5 rings (SSSR count). The molecule has 10 heteroatoms. The minimum atomic E-state index is -1.11. The molecule has 1 saturated carbocycles. The number of likely N-dealkylation sites (tertiary alicyclic amines) is 1. The SMILES string of the molecule is CC(C)(C)OC(=O)N1C2CCC(C2)C1C(=O)NC(Cc1ccc(C2=CC3COCCN3CC2)cc1F)C(N)=O. The summed E-state index contributed by atoms with van der Waals surface area (Å²) < 4.78 is 26.4. The number of nitrogens with one attached hydrogen (secondary N) is 1. The molecule has 39 heavy (non-hydrogen) atoms. The van der Waals surface area contributed by atoms with Crippen LogP contribution < -0.4 is 11.1 Å². The third kappa shape index (κ3) is 5.96. The molecular weight excluding hydrogens is 503 g/mol. The van der Waals surface area contributed by atoms with Crippen LogP contribution in [0.2, 0.25) is 0 Å². The maximum atomic E-state index is 15.3. The number of nitrogens with zero attached hydrogens (tertiary/aromatic N) is 2. The van der Waals surface area contributed by atoms with Gasteiger partial charge in [-0.05, 0) is 75.1 Å². The first-order valence-corrected chi connectivity index (χ1v) is 13.9. The fourth-order valence-corrected chi connectivity index (χ4v) is 6.42. The number of hydrogen-bond donors (Lipinski definition) is 2. The Bertz CT molecular complexity index is 1160. The largest absolute Gasteiger partial charge is 0.444 e. The van der Waals surface area contributed by atoms with E-state index in [0.29, 0.717) is 12.2 Å². The number of morpholine rings is 1. The van der Waals surface area contributed by atoms with Gasteiger partial charge in [-0.15, -0.1) is 0 Å². The lowest BCUT2D eigenvalue weighted by Crippen LogP contribution is -2.57. The molecule has 3 amide bonds. The first-order valence-electron chi connectivity index (χ1n) is 13.9. The Morgan fingerprint density at radius 1 is 1.23 bits per heavy atom. The molecule has 212 valence electrons. The van der Waals surface area contributed by atoms with Gasteiger partial charge in [0.25, 0.3) is 0 Å². The van der Waals surface area contributed by atoms with Gasteiger partial charge in [-0.2, -0.15) is 0 Å². The lowest BCUT2D eigenvalue weighted by atomic mass is 9.93. The molecule has 1 aromatic rings. The van der Waals surface area contributed by atoms with Crippen LogP contribution in [0.4, 0.5) is 9.18 Å². The van der Waals surface area contributed by atoms with Gasteiger partial charge < -0.3 is 20.5 Å². The molecule has 3 fully saturated rings.